The Morgan fingerprint density at radius 1 is 1.40 bits per heavy atom. The second kappa shape index (κ2) is 4.33. The highest BCUT2D eigenvalue weighted by Crippen LogP contribution is 2.25. The molecule has 15 heavy (non-hydrogen) atoms. The molecule has 0 bridgehead atoms. The van der Waals surface area contributed by atoms with Crippen molar-refractivity contribution in [3.63, 3.8) is 0 Å². The monoisotopic (exact) mass is 218 g/mol. The number of benzene rings is 1. The third-order valence-electron chi connectivity index (χ3n) is 2.15. The predicted octanol–water partition coefficient (Wildman–Crippen LogP) is 2.49. The van der Waals surface area contributed by atoms with Crippen molar-refractivity contribution >= 4 is 5.97 Å². The Labute approximate surface area is 84.3 Å². The molecule has 0 aliphatic rings. The molecule has 0 aliphatic carbocycles. The number of hydrogen-bond acceptors (Lipinski definition) is 1. The molecule has 0 aromatic heterocycles. The Hall–Kier alpha value is -1.52. The van der Waals surface area contributed by atoms with Gasteiger partial charge in [-0.2, -0.15) is 0 Å². The number of halogens is 3. The van der Waals surface area contributed by atoms with Crippen molar-refractivity contribution in [1.82, 2.24) is 0 Å². The molecule has 0 saturated carbocycles. The molecule has 0 amide bonds. The van der Waals surface area contributed by atoms with Gasteiger partial charge in [0.25, 0.3) is 0 Å². The zero-order chi connectivity index (χ0) is 11.6. The van der Waals surface area contributed by atoms with E-state index < -0.39 is 29.7 Å². The van der Waals surface area contributed by atoms with Gasteiger partial charge in [0.05, 0.1) is 0 Å². The maximum absolute atomic E-state index is 13.1. The maximum Gasteiger partial charge on any atom is 0.338 e. The third kappa shape index (κ3) is 2.29. The van der Waals surface area contributed by atoms with Crippen LogP contribution in [0.25, 0.3) is 0 Å². The maximum atomic E-state index is 13.1. The Kier molecular flexibility index (Phi) is 3.34. The summed E-state index contributed by atoms with van der Waals surface area (Å²) in [5.41, 5.74) is -0.273. The minimum absolute atomic E-state index is 0.273. The molecule has 0 radical (unpaired) electrons. The van der Waals surface area contributed by atoms with E-state index in [4.69, 9.17) is 5.11 Å². The molecule has 82 valence electrons. The predicted molar refractivity (Wildman–Crippen MR) is 47.3 cm³/mol. The summed E-state index contributed by atoms with van der Waals surface area (Å²) in [7, 11) is 0. The first-order valence-corrected chi connectivity index (χ1v) is 4.26. The molecule has 1 rings (SSSR count). The van der Waals surface area contributed by atoms with Gasteiger partial charge in [0, 0.05) is 5.92 Å². The number of aliphatic carboxylic acids is 1. The molecule has 2 atom stereocenters. The summed E-state index contributed by atoms with van der Waals surface area (Å²) in [6.45, 7) is 1.19. The van der Waals surface area contributed by atoms with E-state index in [9.17, 15) is 18.0 Å². The van der Waals surface area contributed by atoms with Crippen LogP contribution in [0.2, 0.25) is 0 Å². The number of carbonyl (C=O) groups is 1. The third-order valence-corrected chi connectivity index (χ3v) is 2.15. The summed E-state index contributed by atoms with van der Waals surface area (Å²) >= 11 is 0. The van der Waals surface area contributed by atoms with Crippen LogP contribution < -0.4 is 0 Å². The van der Waals surface area contributed by atoms with E-state index in [1.54, 1.807) is 0 Å². The molecule has 2 nitrogen and oxygen atoms in total. The highest BCUT2D eigenvalue weighted by atomic mass is 19.2. The minimum atomic E-state index is -2.25. The van der Waals surface area contributed by atoms with Crippen LogP contribution in [0.15, 0.2) is 18.2 Å². The molecular weight excluding hydrogens is 209 g/mol. The smallest absolute Gasteiger partial charge is 0.338 e. The van der Waals surface area contributed by atoms with E-state index in [-0.39, 0.29) is 5.56 Å². The largest absolute Gasteiger partial charge is 0.479 e. The van der Waals surface area contributed by atoms with Crippen molar-refractivity contribution in [2.75, 3.05) is 0 Å². The first-order valence-electron chi connectivity index (χ1n) is 4.26. The first kappa shape index (κ1) is 11.6. The van der Waals surface area contributed by atoms with Crippen molar-refractivity contribution in [2.24, 2.45) is 0 Å². The van der Waals surface area contributed by atoms with Gasteiger partial charge in [0.15, 0.2) is 11.6 Å². The fourth-order valence-electron chi connectivity index (χ4n) is 1.24. The number of carboxylic acid groups (broad SMARTS) is 1. The quantitative estimate of drug-likeness (QED) is 0.846. The summed E-state index contributed by atoms with van der Waals surface area (Å²) in [5, 5.41) is 8.38. The van der Waals surface area contributed by atoms with Crippen molar-refractivity contribution < 1.29 is 23.1 Å². The van der Waals surface area contributed by atoms with Crippen LogP contribution in [0.5, 0.6) is 0 Å². The van der Waals surface area contributed by atoms with Crippen LogP contribution >= 0.6 is 0 Å². The topological polar surface area (TPSA) is 37.3 Å². The number of carboxylic acids is 1. The van der Waals surface area contributed by atoms with Gasteiger partial charge in [-0.05, 0) is 11.6 Å². The highest BCUT2D eigenvalue weighted by Gasteiger charge is 2.28. The van der Waals surface area contributed by atoms with Crippen LogP contribution in [-0.2, 0) is 4.79 Å². The summed E-state index contributed by atoms with van der Waals surface area (Å²) in [5.74, 6) is -5.23. The molecule has 1 aromatic carbocycles. The normalized spacial score (nSPS) is 14.7. The van der Waals surface area contributed by atoms with Crippen LogP contribution in [0.4, 0.5) is 13.2 Å². The fraction of sp³-hybridized carbons (Fsp3) is 0.300. The van der Waals surface area contributed by atoms with Crippen molar-refractivity contribution in [2.45, 2.75) is 19.0 Å². The van der Waals surface area contributed by atoms with Crippen molar-refractivity contribution in [1.29, 1.82) is 0 Å². The zero-order valence-corrected chi connectivity index (χ0v) is 7.88. The Morgan fingerprint density at radius 3 is 2.53 bits per heavy atom. The van der Waals surface area contributed by atoms with E-state index in [0.717, 1.165) is 6.07 Å². The molecule has 5 heteroatoms. The fourth-order valence-corrected chi connectivity index (χ4v) is 1.24. The second-order valence-electron chi connectivity index (χ2n) is 3.17. The van der Waals surface area contributed by atoms with E-state index in [1.807, 2.05) is 0 Å². The van der Waals surface area contributed by atoms with Gasteiger partial charge < -0.3 is 5.11 Å². The lowest BCUT2D eigenvalue weighted by Crippen LogP contribution is -2.22. The second-order valence-corrected chi connectivity index (χ2v) is 3.17. The van der Waals surface area contributed by atoms with E-state index in [0.29, 0.717) is 0 Å². The summed E-state index contributed by atoms with van der Waals surface area (Å²) in [4.78, 5) is 10.3. The summed E-state index contributed by atoms with van der Waals surface area (Å²) in [6.07, 6.45) is -2.25. The molecule has 0 spiro atoms. The molecule has 2 unspecified atom stereocenters. The Morgan fingerprint density at radius 2 is 2.00 bits per heavy atom. The van der Waals surface area contributed by atoms with Gasteiger partial charge in [-0.15, -0.1) is 0 Å². The van der Waals surface area contributed by atoms with Crippen molar-refractivity contribution in [3.8, 4) is 0 Å². The van der Waals surface area contributed by atoms with Crippen LogP contribution in [0.3, 0.4) is 0 Å². The Balaban J connectivity index is 3.06. The molecular formula is C10H9F3O2. The van der Waals surface area contributed by atoms with Crippen molar-refractivity contribution in [3.05, 3.63) is 35.4 Å². The lowest BCUT2D eigenvalue weighted by atomic mass is 9.96. The SMILES string of the molecule is CC(c1cccc(F)c1F)C(F)C(=O)O. The van der Waals surface area contributed by atoms with Gasteiger partial charge in [0.2, 0.25) is 6.17 Å². The molecule has 0 saturated heterocycles. The average molecular weight is 218 g/mol. The molecule has 1 aromatic rings. The van der Waals surface area contributed by atoms with Gasteiger partial charge in [-0.25, -0.2) is 18.0 Å². The molecule has 1 N–H and O–H groups in total. The minimum Gasteiger partial charge on any atom is -0.479 e. The van der Waals surface area contributed by atoms with E-state index in [2.05, 4.69) is 0 Å². The lowest BCUT2D eigenvalue weighted by Gasteiger charge is -2.14. The zero-order valence-electron chi connectivity index (χ0n) is 7.88. The summed E-state index contributed by atoms with van der Waals surface area (Å²) < 4.78 is 38.9. The number of rotatable bonds is 3. The number of alkyl halides is 1. The highest BCUT2D eigenvalue weighted by molar-refractivity contribution is 5.73. The van der Waals surface area contributed by atoms with E-state index in [1.165, 1.54) is 19.1 Å². The van der Waals surface area contributed by atoms with Crippen LogP contribution in [0, 0.1) is 11.6 Å². The molecule has 0 fully saturated rings. The lowest BCUT2D eigenvalue weighted by molar-refractivity contribution is -0.143. The van der Waals surface area contributed by atoms with Gasteiger partial charge in [-0.3, -0.25) is 0 Å². The average Bonchev–Trinajstić information content (AvgIpc) is 2.20. The summed E-state index contributed by atoms with van der Waals surface area (Å²) in [6, 6.07) is 3.26. The van der Waals surface area contributed by atoms with Gasteiger partial charge in [0.1, 0.15) is 0 Å². The Bertz CT molecular complexity index is 379. The van der Waals surface area contributed by atoms with E-state index >= 15 is 0 Å². The molecule has 0 aliphatic heterocycles. The van der Waals surface area contributed by atoms with Gasteiger partial charge >= 0.3 is 5.97 Å². The standard InChI is InChI=1S/C10H9F3O2/c1-5(8(12)10(14)15)6-3-2-4-7(11)9(6)13/h2-5,8H,1H3,(H,14,15). The van der Waals surface area contributed by atoms with Crippen LogP contribution in [-0.4, -0.2) is 17.2 Å². The number of hydrogen-bond donors (Lipinski definition) is 1. The first-order chi connectivity index (χ1) is 6.95. The van der Waals surface area contributed by atoms with Crippen LogP contribution in [0.1, 0.15) is 18.4 Å². The van der Waals surface area contributed by atoms with Gasteiger partial charge in [-0.1, -0.05) is 19.1 Å². The molecule has 0 heterocycles.